The SMILES string of the molecule is CCCNC(=O)[C@H](C)N(Cc1ccccc1C)C(=O)CCC. The number of nitrogens with one attached hydrogen (secondary N) is 1. The predicted molar refractivity (Wildman–Crippen MR) is 89.4 cm³/mol. The third kappa shape index (κ3) is 5.17. The molecule has 1 aromatic carbocycles. The van der Waals surface area contributed by atoms with Crippen LogP contribution in [0.15, 0.2) is 24.3 Å². The molecule has 0 spiro atoms. The van der Waals surface area contributed by atoms with Gasteiger partial charge >= 0.3 is 0 Å². The molecule has 1 rings (SSSR count). The predicted octanol–water partition coefficient (Wildman–Crippen LogP) is 3.04. The summed E-state index contributed by atoms with van der Waals surface area (Å²) >= 11 is 0. The highest BCUT2D eigenvalue weighted by molar-refractivity contribution is 5.87. The number of rotatable bonds is 8. The number of amides is 2. The molecule has 0 radical (unpaired) electrons. The van der Waals surface area contributed by atoms with Crippen molar-refractivity contribution >= 4 is 11.8 Å². The molecule has 122 valence electrons. The van der Waals surface area contributed by atoms with Crippen molar-refractivity contribution in [3.8, 4) is 0 Å². The number of hydrogen-bond donors (Lipinski definition) is 1. The van der Waals surface area contributed by atoms with Crippen LogP contribution in [0.4, 0.5) is 0 Å². The van der Waals surface area contributed by atoms with Crippen LogP contribution in [0.25, 0.3) is 0 Å². The van der Waals surface area contributed by atoms with E-state index < -0.39 is 6.04 Å². The summed E-state index contributed by atoms with van der Waals surface area (Å²) in [7, 11) is 0. The number of hydrogen-bond acceptors (Lipinski definition) is 2. The Morgan fingerprint density at radius 2 is 1.86 bits per heavy atom. The normalized spacial score (nSPS) is 11.8. The first-order valence-corrected chi connectivity index (χ1v) is 8.12. The van der Waals surface area contributed by atoms with Gasteiger partial charge in [0.25, 0.3) is 0 Å². The minimum absolute atomic E-state index is 0.0323. The van der Waals surface area contributed by atoms with Crippen LogP contribution in [0.5, 0.6) is 0 Å². The van der Waals surface area contributed by atoms with E-state index in [0.717, 1.165) is 24.0 Å². The molecule has 0 bridgehead atoms. The van der Waals surface area contributed by atoms with Crippen LogP contribution in [0.3, 0.4) is 0 Å². The van der Waals surface area contributed by atoms with Gasteiger partial charge in [-0.25, -0.2) is 0 Å². The lowest BCUT2D eigenvalue weighted by molar-refractivity contribution is -0.140. The van der Waals surface area contributed by atoms with Crippen LogP contribution in [0.1, 0.15) is 51.2 Å². The Balaban J connectivity index is 2.90. The summed E-state index contributed by atoms with van der Waals surface area (Å²) in [4.78, 5) is 26.3. The first-order chi connectivity index (χ1) is 10.5. The first-order valence-electron chi connectivity index (χ1n) is 8.12. The molecule has 0 unspecified atom stereocenters. The van der Waals surface area contributed by atoms with Crippen molar-refractivity contribution < 1.29 is 9.59 Å². The van der Waals surface area contributed by atoms with E-state index in [1.807, 2.05) is 45.0 Å². The summed E-state index contributed by atoms with van der Waals surface area (Å²) in [6, 6.07) is 7.53. The Bertz CT molecular complexity index is 500. The third-order valence-corrected chi connectivity index (χ3v) is 3.78. The van der Waals surface area contributed by atoms with Crippen molar-refractivity contribution in [2.45, 2.75) is 59.5 Å². The molecule has 0 heterocycles. The van der Waals surface area contributed by atoms with E-state index in [0.29, 0.717) is 19.5 Å². The van der Waals surface area contributed by atoms with Gasteiger partial charge in [-0.1, -0.05) is 38.1 Å². The average Bonchev–Trinajstić information content (AvgIpc) is 2.51. The lowest BCUT2D eigenvalue weighted by Gasteiger charge is -2.29. The van der Waals surface area contributed by atoms with Gasteiger partial charge in [-0.2, -0.15) is 0 Å². The summed E-state index contributed by atoms with van der Waals surface area (Å²) < 4.78 is 0. The second kappa shape index (κ2) is 9.23. The summed E-state index contributed by atoms with van der Waals surface area (Å²) in [5.74, 6) is -0.0511. The molecule has 22 heavy (non-hydrogen) atoms. The fourth-order valence-corrected chi connectivity index (χ4v) is 2.31. The molecule has 4 nitrogen and oxygen atoms in total. The molecule has 0 aliphatic heterocycles. The van der Waals surface area contributed by atoms with Gasteiger partial charge in [0.1, 0.15) is 6.04 Å². The smallest absolute Gasteiger partial charge is 0.242 e. The Morgan fingerprint density at radius 1 is 1.18 bits per heavy atom. The van der Waals surface area contributed by atoms with Crippen LogP contribution in [0.2, 0.25) is 0 Å². The lowest BCUT2D eigenvalue weighted by atomic mass is 10.1. The fourth-order valence-electron chi connectivity index (χ4n) is 2.31. The largest absolute Gasteiger partial charge is 0.354 e. The lowest BCUT2D eigenvalue weighted by Crippen LogP contribution is -2.47. The van der Waals surface area contributed by atoms with Gasteiger partial charge in [-0.3, -0.25) is 9.59 Å². The van der Waals surface area contributed by atoms with Crippen molar-refractivity contribution in [1.82, 2.24) is 10.2 Å². The van der Waals surface area contributed by atoms with E-state index in [1.165, 1.54) is 0 Å². The number of aryl methyl sites for hydroxylation is 1. The maximum Gasteiger partial charge on any atom is 0.242 e. The monoisotopic (exact) mass is 304 g/mol. The summed E-state index contributed by atoms with van der Waals surface area (Å²) in [6.07, 6.45) is 2.14. The zero-order valence-corrected chi connectivity index (χ0v) is 14.2. The van der Waals surface area contributed by atoms with Gasteiger partial charge in [0.2, 0.25) is 11.8 Å². The van der Waals surface area contributed by atoms with Crippen LogP contribution >= 0.6 is 0 Å². The number of carbonyl (C=O) groups is 2. The maximum atomic E-state index is 12.4. The molecule has 0 aliphatic carbocycles. The van der Waals surface area contributed by atoms with Gasteiger partial charge in [0.05, 0.1) is 0 Å². The zero-order chi connectivity index (χ0) is 16.5. The van der Waals surface area contributed by atoms with Crippen molar-refractivity contribution in [2.75, 3.05) is 6.54 Å². The summed E-state index contributed by atoms with van der Waals surface area (Å²) in [5, 5.41) is 2.88. The van der Waals surface area contributed by atoms with Crippen molar-refractivity contribution in [2.24, 2.45) is 0 Å². The second-order valence-electron chi connectivity index (χ2n) is 5.67. The second-order valence-corrected chi connectivity index (χ2v) is 5.67. The summed E-state index contributed by atoms with van der Waals surface area (Å²) in [5.41, 5.74) is 2.22. The van der Waals surface area contributed by atoms with Crippen LogP contribution < -0.4 is 5.32 Å². The Kier molecular flexibility index (Phi) is 7.64. The van der Waals surface area contributed by atoms with E-state index in [-0.39, 0.29) is 11.8 Å². The van der Waals surface area contributed by atoms with Gasteiger partial charge in [0, 0.05) is 19.5 Å². The minimum atomic E-state index is -0.454. The minimum Gasteiger partial charge on any atom is -0.354 e. The standard InChI is InChI=1S/C18H28N2O2/c1-5-9-17(21)20(15(4)18(22)19-12-6-2)13-16-11-8-7-10-14(16)3/h7-8,10-11,15H,5-6,9,12-13H2,1-4H3,(H,19,22)/t15-/m0/s1. The quantitative estimate of drug-likeness (QED) is 0.802. The molecule has 1 atom stereocenters. The third-order valence-electron chi connectivity index (χ3n) is 3.78. The maximum absolute atomic E-state index is 12.4. The number of benzene rings is 1. The van der Waals surface area contributed by atoms with Crippen molar-refractivity contribution in [3.05, 3.63) is 35.4 Å². The molecular formula is C18H28N2O2. The van der Waals surface area contributed by atoms with Gasteiger partial charge in [-0.15, -0.1) is 0 Å². The van der Waals surface area contributed by atoms with Crippen molar-refractivity contribution in [3.63, 3.8) is 0 Å². The van der Waals surface area contributed by atoms with Gasteiger partial charge < -0.3 is 10.2 Å². The Morgan fingerprint density at radius 3 is 2.45 bits per heavy atom. The highest BCUT2D eigenvalue weighted by Gasteiger charge is 2.25. The van der Waals surface area contributed by atoms with Gasteiger partial charge in [-0.05, 0) is 37.8 Å². The number of carbonyl (C=O) groups excluding carboxylic acids is 2. The van der Waals surface area contributed by atoms with Crippen LogP contribution in [-0.4, -0.2) is 29.3 Å². The van der Waals surface area contributed by atoms with Crippen LogP contribution in [-0.2, 0) is 16.1 Å². The Hall–Kier alpha value is -1.84. The number of nitrogens with zero attached hydrogens (tertiary/aromatic N) is 1. The highest BCUT2D eigenvalue weighted by atomic mass is 16.2. The Labute approximate surface area is 133 Å². The van der Waals surface area contributed by atoms with E-state index in [1.54, 1.807) is 11.8 Å². The van der Waals surface area contributed by atoms with E-state index >= 15 is 0 Å². The summed E-state index contributed by atoms with van der Waals surface area (Å²) in [6.45, 7) is 8.94. The molecule has 1 aromatic rings. The van der Waals surface area contributed by atoms with Crippen molar-refractivity contribution in [1.29, 1.82) is 0 Å². The van der Waals surface area contributed by atoms with E-state index in [2.05, 4.69) is 5.32 Å². The van der Waals surface area contributed by atoms with E-state index in [9.17, 15) is 9.59 Å². The molecule has 0 aromatic heterocycles. The zero-order valence-electron chi connectivity index (χ0n) is 14.2. The molecule has 2 amide bonds. The molecule has 0 fully saturated rings. The highest BCUT2D eigenvalue weighted by Crippen LogP contribution is 2.14. The average molecular weight is 304 g/mol. The van der Waals surface area contributed by atoms with Crippen LogP contribution in [0, 0.1) is 6.92 Å². The molecule has 0 saturated heterocycles. The molecular weight excluding hydrogens is 276 g/mol. The van der Waals surface area contributed by atoms with E-state index in [4.69, 9.17) is 0 Å². The fraction of sp³-hybridized carbons (Fsp3) is 0.556. The van der Waals surface area contributed by atoms with Gasteiger partial charge in [0.15, 0.2) is 0 Å². The molecule has 1 N–H and O–H groups in total. The molecule has 0 saturated carbocycles. The molecule has 0 aliphatic rings. The first kappa shape index (κ1) is 18.2. The molecule has 4 heteroatoms. The topological polar surface area (TPSA) is 49.4 Å².